The lowest BCUT2D eigenvalue weighted by atomic mass is 10.0. The van der Waals surface area contributed by atoms with Crippen molar-refractivity contribution in [1.82, 2.24) is 10.2 Å². The molecule has 0 aromatic heterocycles. The van der Waals surface area contributed by atoms with Crippen LogP contribution >= 0.6 is 11.8 Å². The number of carboxylic acid groups (broad SMARTS) is 1. The molecule has 2 aliphatic heterocycles. The van der Waals surface area contributed by atoms with Gasteiger partial charge in [-0.1, -0.05) is 30.3 Å². The average molecular weight is 433 g/mol. The normalized spacial score (nSPS) is 21.6. The number of carboxylic acids is 1. The molecule has 0 bridgehead atoms. The van der Waals surface area contributed by atoms with Gasteiger partial charge in [0.15, 0.2) is 6.04 Å². The molecule has 2 unspecified atom stereocenters. The average Bonchev–Trinajstić information content (AvgIpc) is 2.73. The van der Waals surface area contributed by atoms with Crippen molar-refractivity contribution in [1.29, 1.82) is 0 Å². The number of carbonyl (C=O) groups is 4. The number of azo groups is 1. The van der Waals surface area contributed by atoms with Crippen LogP contribution in [-0.2, 0) is 19.1 Å². The van der Waals surface area contributed by atoms with Crippen molar-refractivity contribution < 1.29 is 29.0 Å². The summed E-state index contributed by atoms with van der Waals surface area (Å²) < 4.78 is 4.68. The van der Waals surface area contributed by atoms with E-state index in [9.17, 15) is 24.3 Å². The Labute approximate surface area is 175 Å². The number of β-lactam (4-membered cyclic amide) rings is 1. The molecule has 0 spiro atoms. The molecule has 3 atom stereocenters. The van der Waals surface area contributed by atoms with Crippen molar-refractivity contribution in [3.63, 3.8) is 0 Å². The minimum atomic E-state index is -1.33. The molecule has 2 aliphatic rings. The Hall–Kier alpha value is -3.41. The Morgan fingerprint density at radius 2 is 2.07 bits per heavy atom. The van der Waals surface area contributed by atoms with Gasteiger partial charge in [-0.3, -0.25) is 14.5 Å². The molecule has 1 aromatic carbocycles. The van der Waals surface area contributed by atoms with E-state index in [-0.39, 0.29) is 23.6 Å². The quantitative estimate of drug-likeness (QED) is 0.419. The number of nitrogens with zero attached hydrogens (tertiary/aromatic N) is 3. The standard InChI is InChI=1S/C18H19N5O6S/c1-20-22-11(9-5-3-2-4-6-9)14(24)21-12-15(25)23-13(17(26)27)10(7-29-18(19)28)8-30-16(12)23/h2-6,11-12,16H,7-8H2,1H3,(H2,19,28)(H,21,24)(H,26,27)/t11?,12?,16-/m0/s1. The number of ether oxygens (including phenoxy) is 1. The number of benzene rings is 1. The van der Waals surface area contributed by atoms with Gasteiger partial charge < -0.3 is 20.9 Å². The first kappa shape index (κ1) is 21.3. The van der Waals surface area contributed by atoms with E-state index < -0.39 is 41.3 Å². The number of nitrogens with one attached hydrogen (secondary N) is 1. The summed E-state index contributed by atoms with van der Waals surface area (Å²) >= 11 is 1.25. The molecular formula is C18H19N5O6S. The predicted molar refractivity (Wildman–Crippen MR) is 105 cm³/mol. The van der Waals surface area contributed by atoms with Crippen LogP contribution < -0.4 is 11.1 Å². The van der Waals surface area contributed by atoms with Crippen LogP contribution in [0, 0.1) is 0 Å². The highest BCUT2D eigenvalue weighted by atomic mass is 32.2. The predicted octanol–water partition coefficient (Wildman–Crippen LogP) is 0.644. The van der Waals surface area contributed by atoms with Crippen LogP contribution in [0.4, 0.5) is 4.79 Å². The van der Waals surface area contributed by atoms with Crippen LogP contribution in [0.3, 0.4) is 0 Å². The Kier molecular flexibility index (Phi) is 6.35. The maximum absolute atomic E-state index is 12.8. The molecular weight excluding hydrogens is 414 g/mol. The SMILES string of the molecule is CN=NC(C(=O)NC1C(=O)N2C(C(=O)O)=C(COC(N)=O)CS[C@@H]12)c1ccccc1. The maximum atomic E-state index is 12.8. The van der Waals surface area contributed by atoms with Crippen molar-refractivity contribution in [3.05, 3.63) is 47.2 Å². The molecule has 1 saturated heterocycles. The van der Waals surface area contributed by atoms with E-state index in [0.29, 0.717) is 5.56 Å². The Morgan fingerprint density at radius 1 is 1.37 bits per heavy atom. The van der Waals surface area contributed by atoms with Gasteiger partial charge in [0, 0.05) is 18.4 Å². The van der Waals surface area contributed by atoms with Gasteiger partial charge in [0.05, 0.1) is 0 Å². The van der Waals surface area contributed by atoms with Crippen LogP contribution in [0.1, 0.15) is 11.6 Å². The van der Waals surface area contributed by atoms with Crippen molar-refractivity contribution in [2.75, 3.05) is 19.4 Å². The van der Waals surface area contributed by atoms with E-state index in [2.05, 4.69) is 20.3 Å². The minimum Gasteiger partial charge on any atom is -0.477 e. The zero-order chi connectivity index (χ0) is 21.8. The van der Waals surface area contributed by atoms with E-state index in [4.69, 9.17) is 5.73 Å². The smallest absolute Gasteiger partial charge is 0.404 e. The number of primary amides is 1. The number of nitrogens with two attached hydrogens (primary N) is 1. The summed E-state index contributed by atoms with van der Waals surface area (Å²) in [6, 6.07) is 6.92. The number of carbonyl (C=O) groups excluding carboxylic acids is 3. The number of aliphatic carboxylic acids is 1. The summed E-state index contributed by atoms with van der Waals surface area (Å²) in [6.07, 6.45) is -1.04. The second-order valence-corrected chi connectivity index (χ2v) is 7.49. The summed E-state index contributed by atoms with van der Waals surface area (Å²) in [5.74, 6) is -2.22. The molecule has 12 heteroatoms. The van der Waals surface area contributed by atoms with Crippen LogP contribution in [0.15, 0.2) is 51.8 Å². The van der Waals surface area contributed by atoms with Gasteiger partial charge in [0.25, 0.3) is 11.8 Å². The zero-order valence-corrected chi connectivity index (χ0v) is 16.7. The summed E-state index contributed by atoms with van der Waals surface area (Å²) in [5.41, 5.74) is 5.53. The van der Waals surface area contributed by atoms with Gasteiger partial charge in [-0.05, 0) is 5.56 Å². The Balaban J connectivity index is 1.76. The highest BCUT2D eigenvalue weighted by molar-refractivity contribution is 8.00. The third-order valence-electron chi connectivity index (χ3n) is 4.53. The van der Waals surface area contributed by atoms with E-state index in [0.717, 1.165) is 4.90 Å². The third-order valence-corrected chi connectivity index (χ3v) is 5.87. The lowest BCUT2D eigenvalue weighted by Crippen LogP contribution is -2.70. The van der Waals surface area contributed by atoms with Crippen LogP contribution in [0.2, 0.25) is 0 Å². The largest absolute Gasteiger partial charge is 0.477 e. The van der Waals surface area contributed by atoms with Gasteiger partial charge in [0.2, 0.25) is 0 Å². The fraction of sp³-hybridized carbons (Fsp3) is 0.333. The Morgan fingerprint density at radius 3 is 2.67 bits per heavy atom. The monoisotopic (exact) mass is 433 g/mol. The molecule has 2 heterocycles. The Bertz CT molecular complexity index is 934. The second kappa shape index (κ2) is 8.95. The second-order valence-electron chi connectivity index (χ2n) is 6.39. The van der Waals surface area contributed by atoms with Gasteiger partial charge in [-0.25, -0.2) is 9.59 Å². The lowest BCUT2D eigenvalue weighted by Gasteiger charge is -2.49. The molecule has 1 fully saturated rings. The molecule has 158 valence electrons. The first-order valence-corrected chi connectivity index (χ1v) is 9.86. The molecule has 3 amide bonds. The molecule has 1 aromatic rings. The van der Waals surface area contributed by atoms with Gasteiger partial charge in [-0.15, -0.1) is 11.8 Å². The summed E-state index contributed by atoms with van der Waals surface area (Å²) in [6.45, 7) is -0.329. The molecule has 3 rings (SSSR count). The highest BCUT2D eigenvalue weighted by Crippen LogP contribution is 2.40. The van der Waals surface area contributed by atoms with Crippen LogP contribution in [0.25, 0.3) is 0 Å². The van der Waals surface area contributed by atoms with Gasteiger partial charge >= 0.3 is 12.1 Å². The third kappa shape index (κ3) is 4.13. The summed E-state index contributed by atoms with van der Waals surface area (Å²) in [7, 11) is 1.44. The van der Waals surface area contributed by atoms with Crippen LogP contribution in [-0.4, -0.2) is 64.7 Å². The van der Waals surface area contributed by atoms with Crippen molar-refractivity contribution in [3.8, 4) is 0 Å². The fourth-order valence-electron chi connectivity index (χ4n) is 3.21. The topological polar surface area (TPSA) is 164 Å². The van der Waals surface area contributed by atoms with E-state index >= 15 is 0 Å². The van der Waals surface area contributed by atoms with Crippen molar-refractivity contribution >= 4 is 35.6 Å². The van der Waals surface area contributed by atoms with E-state index in [1.807, 2.05) is 0 Å². The van der Waals surface area contributed by atoms with Crippen LogP contribution in [0.5, 0.6) is 0 Å². The molecule has 0 radical (unpaired) electrons. The number of hydrogen-bond acceptors (Lipinski definition) is 8. The molecule has 11 nitrogen and oxygen atoms in total. The summed E-state index contributed by atoms with van der Waals surface area (Å²) in [4.78, 5) is 49.0. The molecule has 0 saturated carbocycles. The molecule has 4 N–H and O–H groups in total. The number of rotatable bonds is 7. The molecule has 30 heavy (non-hydrogen) atoms. The number of thioether (sulfide) groups is 1. The first-order chi connectivity index (χ1) is 14.3. The van der Waals surface area contributed by atoms with Gasteiger partial charge in [-0.2, -0.15) is 10.2 Å². The number of amides is 3. The van der Waals surface area contributed by atoms with Crippen molar-refractivity contribution in [2.24, 2.45) is 16.0 Å². The van der Waals surface area contributed by atoms with Gasteiger partial charge in [0.1, 0.15) is 23.7 Å². The number of hydrogen-bond donors (Lipinski definition) is 3. The van der Waals surface area contributed by atoms with Crippen molar-refractivity contribution in [2.45, 2.75) is 17.5 Å². The van der Waals surface area contributed by atoms with E-state index in [1.54, 1.807) is 30.3 Å². The maximum Gasteiger partial charge on any atom is 0.404 e. The number of fused-ring (bicyclic) bond motifs is 1. The lowest BCUT2D eigenvalue weighted by molar-refractivity contribution is -0.151. The zero-order valence-electron chi connectivity index (χ0n) is 15.8. The highest BCUT2D eigenvalue weighted by Gasteiger charge is 2.54. The summed E-state index contributed by atoms with van der Waals surface area (Å²) in [5, 5.41) is 19.2. The van der Waals surface area contributed by atoms with E-state index in [1.165, 1.54) is 18.8 Å². The minimum absolute atomic E-state index is 0.201. The fourth-order valence-corrected chi connectivity index (χ4v) is 4.53. The first-order valence-electron chi connectivity index (χ1n) is 8.81. The molecule has 0 aliphatic carbocycles.